The molecule has 1 aliphatic carbocycles. The normalized spacial score (nSPS) is 14.6. The average Bonchev–Trinajstić information content (AvgIpc) is 3.03. The number of nitrogens with zero attached hydrogens (tertiary/aromatic N) is 2. The SMILES string of the molecule is CCc1ccccc1N(CC(=O)N(CCc1ccccc1)C(CC)C(=O)NC1CCCCC1)S(=O)(=O)c1ccccc1. The predicted molar refractivity (Wildman–Crippen MR) is 168 cm³/mol. The Morgan fingerprint density at radius 1 is 0.857 bits per heavy atom. The van der Waals surface area contributed by atoms with Crippen LogP contribution in [0, 0.1) is 0 Å². The number of hydrogen-bond donors (Lipinski definition) is 1. The number of rotatable bonds is 13. The van der Waals surface area contributed by atoms with Gasteiger partial charge in [0.1, 0.15) is 12.6 Å². The van der Waals surface area contributed by atoms with Gasteiger partial charge in [-0.2, -0.15) is 0 Å². The molecule has 0 aliphatic heterocycles. The van der Waals surface area contributed by atoms with E-state index < -0.39 is 28.5 Å². The third-order valence-electron chi connectivity index (χ3n) is 8.07. The highest BCUT2D eigenvalue weighted by molar-refractivity contribution is 7.92. The van der Waals surface area contributed by atoms with Gasteiger partial charge < -0.3 is 10.2 Å². The largest absolute Gasteiger partial charge is 0.352 e. The summed E-state index contributed by atoms with van der Waals surface area (Å²) in [7, 11) is -4.07. The molecular weight excluding hydrogens is 546 g/mol. The summed E-state index contributed by atoms with van der Waals surface area (Å²) in [6, 6.07) is 24.7. The van der Waals surface area contributed by atoms with Crippen molar-refractivity contribution < 1.29 is 18.0 Å². The molecular formula is C34H43N3O4S. The third-order valence-corrected chi connectivity index (χ3v) is 9.85. The second-order valence-corrected chi connectivity index (χ2v) is 12.8. The fraction of sp³-hybridized carbons (Fsp3) is 0.412. The molecule has 4 rings (SSSR count). The number of nitrogens with one attached hydrogen (secondary N) is 1. The summed E-state index contributed by atoms with van der Waals surface area (Å²) >= 11 is 0. The van der Waals surface area contributed by atoms with Gasteiger partial charge in [-0.15, -0.1) is 0 Å². The number of benzene rings is 3. The van der Waals surface area contributed by atoms with E-state index in [2.05, 4.69) is 5.32 Å². The molecule has 2 amide bonds. The minimum atomic E-state index is -4.07. The third kappa shape index (κ3) is 7.79. The molecule has 0 saturated heterocycles. The van der Waals surface area contributed by atoms with Crippen LogP contribution in [-0.2, 0) is 32.5 Å². The van der Waals surface area contributed by atoms with E-state index in [4.69, 9.17) is 0 Å². The maximum absolute atomic E-state index is 14.3. The molecule has 1 saturated carbocycles. The van der Waals surface area contributed by atoms with Gasteiger partial charge in [0.2, 0.25) is 11.8 Å². The lowest BCUT2D eigenvalue weighted by Gasteiger charge is -2.35. The highest BCUT2D eigenvalue weighted by Gasteiger charge is 2.34. The number of hydrogen-bond acceptors (Lipinski definition) is 4. The van der Waals surface area contributed by atoms with Crippen LogP contribution in [0.3, 0.4) is 0 Å². The summed E-state index contributed by atoms with van der Waals surface area (Å²) in [6.07, 6.45) is 6.81. The number of aryl methyl sites for hydroxylation is 1. The summed E-state index contributed by atoms with van der Waals surface area (Å²) in [5.74, 6) is -0.570. The van der Waals surface area contributed by atoms with Crippen molar-refractivity contribution in [3.05, 3.63) is 96.1 Å². The van der Waals surface area contributed by atoms with Crippen molar-refractivity contribution in [2.75, 3.05) is 17.4 Å². The van der Waals surface area contributed by atoms with Crippen molar-refractivity contribution in [3.8, 4) is 0 Å². The molecule has 42 heavy (non-hydrogen) atoms. The van der Waals surface area contributed by atoms with E-state index in [0.29, 0.717) is 31.5 Å². The Kier molecular flexibility index (Phi) is 11.2. The second kappa shape index (κ2) is 15.0. The minimum absolute atomic E-state index is 0.109. The van der Waals surface area contributed by atoms with E-state index in [1.807, 2.05) is 56.3 Å². The summed E-state index contributed by atoms with van der Waals surface area (Å²) in [4.78, 5) is 29.6. The number of anilines is 1. The minimum Gasteiger partial charge on any atom is -0.352 e. The van der Waals surface area contributed by atoms with Crippen LogP contribution >= 0.6 is 0 Å². The van der Waals surface area contributed by atoms with Crippen LogP contribution < -0.4 is 9.62 Å². The maximum atomic E-state index is 14.3. The van der Waals surface area contributed by atoms with Gasteiger partial charge in [0.05, 0.1) is 10.6 Å². The van der Waals surface area contributed by atoms with Crippen LogP contribution in [0.15, 0.2) is 89.8 Å². The van der Waals surface area contributed by atoms with Crippen molar-refractivity contribution in [3.63, 3.8) is 0 Å². The maximum Gasteiger partial charge on any atom is 0.264 e. The van der Waals surface area contributed by atoms with Crippen LogP contribution in [0.25, 0.3) is 0 Å². The average molecular weight is 590 g/mol. The molecule has 0 radical (unpaired) electrons. The van der Waals surface area contributed by atoms with Gasteiger partial charge >= 0.3 is 0 Å². The highest BCUT2D eigenvalue weighted by atomic mass is 32.2. The van der Waals surface area contributed by atoms with Crippen molar-refractivity contribution in [2.45, 2.75) is 82.2 Å². The van der Waals surface area contributed by atoms with Crippen molar-refractivity contribution in [1.82, 2.24) is 10.2 Å². The Hall–Kier alpha value is -3.65. The Balaban J connectivity index is 1.68. The topological polar surface area (TPSA) is 86.8 Å². The molecule has 7 nitrogen and oxygen atoms in total. The summed E-state index contributed by atoms with van der Waals surface area (Å²) in [5.41, 5.74) is 2.34. The predicted octanol–water partition coefficient (Wildman–Crippen LogP) is 5.74. The summed E-state index contributed by atoms with van der Waals surface area (Å²) < 4.78 is 29.3. The Morgan fingerprint density at radius 3 is 2.12 bits per heavy atom. The van der Waals surface area contributed by atoms with Crippen LogP contribution in [0.2, 0.25) is 0 Å². The van der Waals surface area contributed by atoms with Crippen LogP contribution in [0.5, 0.6) is 0 Å². The van der Waals surface area contributed by atoms with Crippen molar-refractivity contribution >= 4 is 27.5 Å². The summed E-state index contributed by atoms with van der Waals surface area (Å²) in [5, 5.41) is 3.20. The number of sulfonamides is 1. The van der Waals surface area contributed by atoms with E-state index in [9.17, 15) is 18.0 Å². The Labute approximate surface area is 251 Å². The molecule has 1 aliphatic rings. The first-order chi connectivity index (χ1) is 20.3. The lowest BCUT2D eigenvalue weighted by Crippen LogP contribution is -2.54. The quantitative estimate of drug-likeness (QED) is 0.275. The zero-order valence-corrected chi connectivity index (χ0v) is 25.6. The lowest BCUT2D eigenvalue weighted by atomic mass is 9.95. The highest BCUT2D eigenvalue weighted by Crippen LogP contribution is 2.28. The molecule has 0 aromatic heterocycles. The van der Waals surface area contributed by atoms with Gasteiger partial charge in [0.25, 0.3) is 10.0 Å². The van der Waals surface area contributed by atoms with E-state index >= 15 is 0 Å². The van der Waals surface area contributed by atoms with E-state index in [1.165, 1.54) is 10.7 Å². The number of carbonyl (C=O) groups is 2. The standard InChI is InChI=1S/C34H43N3O4S/c1-3-28-18-14-15-23-32(28)37(42(40,41)30-21-12-7-13-22-30)26-33(38)36(25-24-27-16-8-5-9-17-27)31(4-2)34(39)35-29-19-10-6-11-20-29/h5,7-9,12-18,21-23,29,31H,3-4,6,10-11,19-20,24-26H2,1-2H3,(H,35,39). The molecule has 3 aromatic rings. The number of amides is 2. The van der Waals surface area contributed by atoms with Crippen LogP contribution in [0.4, 0.5) is 5.69 Å². The number of para-hydroxylation sites is 1. The molecule has 1 unspecified atom stereocenters. The Bertz CT molecular complexity index is 1410. The van der Waals surface area contributed by atoms with Crippen LogP contribution in [-0.4, -0.2) is 50.3 Å². The molecule has 1 fully saturated rings. The van der Waals surface area contributed by atoms with Crippen LogP contribution in [0.1, 0.15) is 63.5 Å². The van der Waals surface area contributed by atoms with E-state index in [1.54, 1.807) is 47.4 Å². The van der Waals surface area contributed by atoms with Gasteiger partial charge in [-0.3, -0.25) is 13.9 Å². The molecule has 224 valence electrons. The first-order valence-corrected chi connectivity index (χ1v) is 16.6. The molecule has 8 heteroatoms. The van der Waals surface area contributed by atoms with E-state index in [0.717, 1.165) is 36.8 Å². The zero-order chi connectivity index (χ0) is 30.0. The lowest BCUT2D eigenvalue weighted by molar-refractivity contribution is -0.140. The number of carbonyl (C=O) groups excluding carboxylic acids is 2. The second-order valence-electron chi connectivity index (χ2n) is 10.9. The molecule has 0 bridgehead atoms. The molecule has 0 heterocycles. The molecule has 3 aromatic carbocycles. The zero-order valence-electron chi connectivity index (χ0n) is 24.7. The smallest absolute Gasteiger partial charge is 0.264 e. The summed E-state index contributed by atoms with van der Waals surface area (Å²) in [6.45, 7) is 3.76. The first kappa shape index (κ1) is 31.3. The van der Waals surface area contributed by atoms with Crippen molar-refractivity contribution in [2.24, 2.45) is 0 Å². The van der Waals surface area contributed by atoms with Gasteiger partial charge in [-0.25, -0.2) is 8.42 Å². The molecule has 1 N–H and O–H groups in total. The fourth-order valence-electron chi connectivity index (χ4n) is 5.73. The first-order valence-electron chi connectivity index (χ1n) is 15.1. The van der Waals surface area contributed by atoms with Gasteiger partial charge in [0, 0.05) is 12.6 Å². The Morgan fingerprint density at radius 2 is 1.48 bits per heavy atom. The fourth-order valence-corrected chi connectivity index (χ4v) is 7.20. The van der Waals surface area contributed by atoms with Crippen molar-refractivity contribution in [1.29, 1.82) is 0 Å². The molecule has 0 spiro atoms. The van der Waals surface area contributed by atoms with Gasteiger partial charge in [-0.1, -0.05) is 99.8 Å². The van der Waals surface area contributed by atoms with Gasteiger partial charge in [-0.05, 0) is 61.4 Å². The van der Waals surface area contributed by atoms with E-state index in [-0.39, 0.29) is 16.8 Å². The monoisotopic (exact) mass is 589 g/mol. The molecule has 1 atom stereocenters. The van der Waals surface area contributed by atoms with Gasteiger partial charge in [0.15, 0.2) is 0 Å².